The smallest absolute Gasteiger partial charge is 0.273 e. The quantitative estimate of drug-likeness (QED) is 0.434. The Balaban J connectivity index is 1.87. The van der Waals surface area contributed by atoms with Gasteiger partial charge in [-0.2, -0.15) is 0 Å². The SMILES string of the molecule is C=CCN(Cc1cc(Br)ccc1F)C(=O)c1csc(-c2ccccc2OC)n1. The number of hydrogen-bond donors (Lipinski definition) is 0. The first kappa shape index (κ1) is 20.2. The summed E-state index contributed by atoms with van der Waals surface area (Å²) in [6, 6.07) is 12.2. The molecule has 0 spiro atoms. The molecule has 2 aromatic carbocycles. The monoisotopic (exact) mass is 460 g/mol. The highest BCUT2D eigenvalue weighted by atomic mass is 79.9. The number of nitrogens with zero attached hydrogens (tertiary/aromatic N) is 2. The van der Waals surface area contributed by atoms with E-state index in [9.17, 15) is 9.18 Å². The van der Waals surface area contributed by atoms with Crippen LogP contribution in [0.4, 0.5) is 4.39 Å². The molecule has 4 nitrogen and oxygen atoms in total. The van der Waals surface area contributed by atoms with E-state index >= 15 is 0 Å². The average molecular weight is 461 g/mol. The first-order valence-electron chi connectivity index (χ1n) is 8.46. The minimum atomic E-state index is -0.363. The maximum Gasteiger partial charge on any atom is 0.273 e. The largest absolute Gasteiger partial charge is 0.496 e. The molecule has 0 aliphatic rings. The lowest BCUT2D eigenvalue weighted by Crippen LogP contribution is -2.31. The predicted octanol–water partition coefficient (Wildman–Crippen LogP) is 5.55. The Morgan fingerprint density at radius 1 is 1.36 bits per heavy atom. The van der Waals surface area contributed by atoms with Crippen LogP contribution in [0.25, 0.3) is 10.6 Å². The molecule has 1 aromatic heterocycles. The number of carbonyl (C=O) groups is 1. The van der Waals surface area contributed by atoms with Gasteiger partial charge >= 0.3 is 0 Å². The molecule has 1 heterocycles. The third-order valence-corrected chi connectivity index (χ3v) is 5.44. The molecular formula is C21H18BrFN2O2S. The van der Waals surface area contributed by atoms with E-state index in [4.69, 9.17) is 4.74 Å². The molecular weight excluding hydrogens is 443 g/mol. The zero-order valence-electron chi connectivity index (χ0n) is 15.2. The van der Waals surface area contributed by atoms with Gasteiger partial charge < -0.3 is 9.64 Å². The van der Waals surface area contributed by atoms with Crippen molar-refractivity contribution in [2.24, 2.45) is 0 Å². The number of carbonyl (C=O) groups excluding carboxylic acids is 1. The van der Waals surface area contributed by atoms with E-state index in [1.54, 1.807) is 30.7 Å². The summed E-state index contributed by atoms with van der Waals surface area (Å²) in [5.41, 5.74) is 1.55. The van der Waals surface area contributed by atoms with Crippen LogP contribution in [0.15, 0.2) is 65.0 Å². The molecule has 144 valence electrons. The zero-order chi connectivity index (χ0) is 20.1. The van der Waals surface area contributed by atoms with Crippen molar-refractivity contribution in [1.82, 2.24) is 9.88 Å². The summed E-state index contributed by atoms with van der Waals surface area (Å²) >= 11 is 4.70. The second kappa shape index (κ2) is 9.12. The first-order chi connectivity index (χ1) is 13.5. The Labute approximate surface area is 175 Å². The van der Waals surface area contributed by atoms with Gasteiger partial charge in [0.25, 0.3) is 5.91 Å². The fourth-order valence-electron chi connectivity index (χ4n) is 2.72. The molecule has 0 saturated heterocycles. The van der Waals surface area contributed by atoms with Crippen molar-refractivity contribution >= 4 is 33.2 Å². The van der Waals surface area contributed by atoms with Crippen LogP contribution in [-0.2, 0) is 6.54 Å². The molecule has 28 heavy (non-hydrogen) atoms. The van der Waals surface area contributed by atoms with Crippen LogP contribution in [0, 0.1) is 5.82 Å². The summed E-state index contributed by atoms with van der Waals surface area (Å²) in [6.45, 7) is 4.11. The van der Waals surface area contributed by atoms with E-state index in [1.807, 2.05) is 24.3 Å². The summed E-state index contributed by atoms with van der Waals surface area (Å²) in [6.07, 6.45) is 1.61. The maximum absolute atomic E-state index is 14.1. The fourth-order valence-corrected chi connectivity index (χ4v) is 3.96. The number of hydrogen-bond acceptors (Lipinski definition) is 4. The van der Waals surface area contributed by atoms with Crippen molar-refractivity contribution in [2.75, 3.05) is 13.7 Å². The lowest BCUT2D eigenvalue weighted by molar-refractivity contribution is 0.0756. The number of rotatable bonds is 7. The zero-order valence-corrected chi connectivity index (χ0v) is 17.6. The van der Waals surface area contributed by atoms with E-state index in [1.165, 1.54) is 22.3 Å². The highest BCUT2D eigenvalue weighted by molar-refractivity contribution is 9.10. The lowest BCUT2D eigenvalue weighted by Gasteiger charge is -2.20. The number of ether oxygens (including phenoxy) is 1. The molecule has 0 fully saturated rings. The second-order valence-electron chi connectivity index (χ2n) is 5.95. The minimum absolute atomic E-state index is 0.123. The van der Waals surface area contributed by atoms with E-state index in [0.717, 1.165) is 10.0 Å². The molecule has 0 N–H and O–H groups in total. The summed E-state index contributed by atoms with van der Waals surface area (Å²) in [4.78, 5) is 19.0. The molecule has 0 aliphatic carbocycles. The molecule has 0 atom stereocenters. The molecule has 3 aromatic rings. The van der Waals surface area contributed by atoms with Crippen LogP contribution in [0.5, 0.6) is 5.75 Å². The van der Waals surface area contributed by atoms with E-state index in [0.29, 0.717) is 22.0 Å². The van der Waals surface area contributed by atoms with Crippen molar-refractivity contribution in [3.05, 3.63) is 82.0 Å². The topological polar surface area (TPSA) is 42.4 Å². The molecule has 0 bridgehead atoms. The van der Waals surface area contributed by atoms with Gasteiger partial charge in [0, 0.05) is 28.5 Å². The van der Waals surface area contributed by atoms with Gasteiger partial charge in [-0.05, 0) is 30.3 Å². The van der Waals surface area contributed by atoms with Crippen LogP contribution in [-0.4, -0.2) is 29.4 Å². The third kappa shape index (κ3) is 4.48. The molecule has 0 radical (unpaired) electrons. The third-order valence-electron chi connectivity index (χ3n) is 4.07. The van der Waals surface area contributed by atoms with Gasteiger partial charge in [0.05, 0.1) is 12.7 Å². The Hall–Kier alpha value is -2.51. The van der Waals surface area contributed by atoms with Crippen molar-refractivity contribution in [1.29, 1.82) is 0 Å². The molecule has 0 saturated carbocycles. The number of methoxy groups -OCH3 is 1. The Morgan fingerprint density at radius 3 is 2.89 bits per heavy atom. The van der Waals surface area contributed by atoms with Crippen molar-refractivity contribution < 1.29 is 13.9 Å². The number of para-hydroxylation sites is 1. The van der Waals surface area contributed by atoms with Gasteiger partial charge in [0.2, 0.25) is 0 Å². The summed E-state index contributed by atoms with van der Waals surface area (Å²) in [7, 11) is 1.59. The van der Waals surface area contributed by atoms with Gasteiger partial charge in [-0.1, -0.05) is 34.1 Å². The van der Waals surface area contributed by atoms with Gasteiger partial charge in [0.15, 0.2) is 0 Å². The Kier molecular flexibility index (Phi) is 6.59. The lowest BCUT2D eigenvalue weighted by atomic mass is 10.2. The van der Waals surface area contributed by atoms with E-state index in [-0.39, 0.29) is 24.8 Å². The van der Waals surface area contributed by atoms with E-state index in [2.05, 4.69) is 27.5 Å². The van der Waals surface area contributed by atoms with Crippen molar-refractivity contribution in [3.63, 3.8) is 0 Å². The van der Waals surface area contributed by atoms with Gasteiger partial charge in [-0.25, -0.2) is 9.37 Å². The first-order valence-corrected chi connectivity index (χ1v) is 10.1. The Bertz CT molecular complexity index is 1010. The van der Waals surface area contributed by atoms with E-state index < -0.39 is 0 Å². The van der Waals surface area contributed by atoms with Crippen molar-refractivity contribution in [3.8, 4) is 16.3 Å². The van der Waals surface area contributed by atoms with Gasteiger partial charge in [0.1, 0.15) is 22.3 Å². The summed E-state index contributed by atoms with van der Waals surface area (Å²) in [5, 5.41) is 2.39. The highest BCUT2D eigenvalue weighted by Gasteiger charge is 2.21. The average Bonchev–Trinajstić information content (AvgIpc) is 3.19. The summed E-state index contributed by atoms with van der Waals surface area (Å²) in [5.74, 6) is 0.0460. The molecule has 0 aliphatic heterocycles. The van der Waals surface area contributed by atoms with Gasteiger partial charge in [-0.15, -0.1) is 17.9 Å². The Morgan fingerprint density at radius 2 is 2.14 bits per heavy atom. The highest BCUT2D eigenvalue weighted by Crippen LogP contribution is 2.32. The second-order valence-corrected chi connectivity index (χ2v) is 7.72. The molecule has 0 unspecified atom stereocenters. The van der Waals surface area contributed by atoms with Crippen LogP contribution in [0.3, 0.4) is 0 Å². The number of thiazole rings is 1. The number of halogens is 2. The van der Waals surface area contributed by atoms with Gasteiger partial charge in [-0.3, -0.25) is 4.79 Å². The summed E-state index contributed by atoms with van der Waals surface area (Å²) < 4.78 is 20.3. The fraction of sp³-hybridized carbons (Fsp3) is 0.143. The standard InChI is InChI=1S/C21H18BrFN2O2S/c1-3-10-25(12-14-11-15(22)8-9-17(14)23)21(26)18-13-28-20(24-18)16-6-4-5-7-19(16)27-2/h3-9,11,13H,1,10,12H2,2H3. The van der Waals surface area contributed by atoms with Crippen LogP contribution < -0.4 is 4.74 Å². The van der Waals surface area contributed by atoms with Crippen molar-refractivity contribution in [2.45, 2.75) is 6.54 Å². The number of aromatic nitrogens is 1. The van der Waals surface area contributed by atoms with Crippen LogP contribution >= 0.6 is 27.3 Å². The number of amides is 1. The maximum atomic E-state index is 14.1. The predicted molar refractivity (Wildman–Crippen MR) is 113 cm³/mol. The van der Waals surface area contributed by atoms with Crippen LogP contribution in [0.2, 0.25) is 0 Å². The number of benzene rings is 2. The molecule has 3 rings (SSSR count). The molecule has 7 heteroatoms. The normalized spacial score (nSPS) is 10.5. The van der Waals surface area contributed by atoms with Crippen LogP contribution in [0.1, 0.15) is 16.1 Å². The minimum Gasteiger partial charge on any atom is -0.496 e. The molecule has 1 amide bonds.